The fourth-order valence-electron chi connectivity index (χ4n) is 3.38. The molecule has 4 aromatic carbocycles. The van der Waals surface area contributed by atoms with Crippen LogP contribution in [0.4, 0.5) is 0 Å². The Morgan fingerprint density at radius 3 is 1.25 bits per heavy atom. The summed E-state index contributed by atoms with van der Waals surface area (Å²) < 4.78 is 6.50. The molecule has 136 valence electrons. The summed E-state index contributed by atoms with van der Waals surface area (Å²) in [6.45, 7) is 0. The summed E-state index contributed by atoms with van der Waals surface area (Å²) in [6, 6.07) is 41.4. The molecule has 0 aliphatic rings. The van der Waals surface area contributed by atoms with Crippen LogP contribution >= 0.6 is 0 Å². The van der Waals surface area contributed by atoms with E-state index in [2.05, 4.69) is 78.0 Å². The molecule has 0 saturated heterocycles. The van der Waals surface area contributed by atoms with Gasteiger partial charge in [0.15, 0.2) is 0 Å². The molecule has 0 saturated carbocycles. The zero-order valence-corrected chi connectivity index (χ0v) is 16.5. The van der Waals surface area contributed by atoms with Gasteiger partial charge in [-0.05, 0) is 21.1 Å². The predicted molar refractivity (Wildman–Crippen MR) is 119 cm³/mol. The molecule has 0 unspecified atom stereocenters. The van der Waals surface area contributed by atoms with Gasteiger partial charge in [-0.3, -0.25) is 0 Å². The number of oxime groups is 1. The van der Waals surface area contributed by atoms with Gasteiger partial charge in [0.25, 0.3) is 0 Å². The highest BCUT2D eigenvalue weighted by Gasteiger charge is 2.44. The van der Waals surface area contributed by atoms with E-state index in [9.17, 15) is 0 Å². The molecular formula is C25H21NOSi. The molecule has 28 heavy (non-hydrogen) atoms. The van der Waals surface area contributed by atoms with Gasteiger partial charge >= 0.3 is 8.32 Å². The first kappa shape index (κ1) is 18.0. The minimum atomic E-state index is -2.78. The Morgan fingerprint density at radius 2 is 0.857 bits per heavy atom. The minimum Gasteiger partial charge on any atom is -0.438 e. The van der Waals surface area contributed by atoms with E-state index in [1.807, 2.05) is 48.5 Å². The second-order valence-electron chi connectivity index (χ2n) is 6.52. The SMILES string of the molecule is C(=NO[Si](c1ccccc1)(c1ccccc1)c1ccccc1)c1ccccc1. The zero-order chi connectivity index (χ0) is 19.1. The first-order valence-corrected chi connectivity index (χ1v) is 11.2. The molecule has 0 fully saturated rings. The van der Waals surface area contributed by atoms with Crippen molar-refractivity contribution < 1.29 is 4.53 Å². The zero-order valence-electron chi connectivity index (χ0n) is 15.5. The first-order valence-electron chi connectivity index (χ1n) is 9.33. The summed E-state index contributed by atoms with van der Waals surface area (Å²) in [4.78, 5) is 0. The predicted octanol–water partition coefficient (Wildman–Crippen LogP) is 3.70. The van der Waals surface area contributed by atoms with Crippen LogP contribution in [0.15, 0.2) is 126 Å². The van der Waals surface area contributed by atoms with Gasteiger partial charge in [-0.25, -0.2) is 0 Å². The quantitative estimate of drug-likeness (QED) is 0.217. The molecule has 0 atom stereocenters. The van der Waals surface area contributed by atoms with Crippen LogP contribution < -0.4 is 15.6 Å². The Balaban J connectivity index is 1.87. The molecule has 4 aromatic rings. The van der Waals surface area contributed by atoms with Gasteiger partial charge < -0.3 is 4.53 Å². The largest absolute Gasteiger partial charge is 0.438 e. The van der Waals surface area contributed by atoms with E-state index in [1.165, 1.54) is 0 Å². The van der Waals surface area contributed by atoms with E-state index in [1.54, 1.807) is 6.21 Å². The molecule has 4 rings (SSSR count). The van der Waals surface area contributed by atoms with E-state index in [0.29, 0.717) is 0 Å². The topological polar surface area (TPSA) is 21.6 Å². The second kappa shape index (κ2) is 8.50. The summed E-state index contributed by atoms with van der Waals surface area (Å²) in [5, 5.41) is 7.97. The third-order valence-electron chi connectivity index (χ3n) is 4.73. The lowest BCUT2D eigenvalue weighted by Gasteiger charge is -2.30. The number of nitrogens with zero attached hydrogens (tertiary/aromatic N) is 1. The molecule has 0 radical (unpaired) electrons. The van der Waals surface area contributed by atoms with E-state index in [-0.39, 0.29) is 0 Å². The van der Waals surface area contributed by atoms with Crippen LogP contribution in [0.5, 0.6) is 0 Å². The Morgan fingerprint density at radius 1 is 0.500 bits per heavy atom. The van der Waals surface area contributed by atoms with Crippen LogP contribution in [0.1, 0.15) is 5.56 Å². The lowest BCUT2D eigenvalue weighted by molar-refractivity contribution is 0.351. The molecule has 3 heteroatoms. The summed E-state index contributed by atoms with van der Waals surface area (Å²) in [7, 11) is -2.78. The van der Waals surface area contributed by atoms with Crippen molar-refractivity contribution in [3.63, 3.8) is 0 Å². The summed E-state index contributed by atoms with van der Waals surface area (Å²) in [6.07, 6.45) is 1.79. The van der Waals surface area contributed by atoms with Gasteiger partial charge in [0.05, 0.1) is 6.21 Å². The van der Waals surface area contributed by atoms with Gasteiger partial charge in [0, 0.05) is 0 Å². The summed E-state index contributed by atoms with van der Waals surface area (Å²) >= 11 is 0. The Kier molecular flexibility index (Phi) is 5.45. The normalized spacial score (nSPS) is 11.4. The average molecular weight is 380 g/mol. The van der Waals surface area contributed by atoms with Crippen LogP contribution in [0.2, 0.25) is 0 Å². The van der Waals surface area contributed by atoms with Gasteiger partial charge in [-0.2, -0.15) is 0 Å². The number of rotatable bonds is 6. The molecule has 0 amide bonds. The summed E-state index contributed by atoms with van der Waals surface area (Å²) in [5.74, 6) is 0. The smallest absolute Gasteiger partial charge is 0.380 e. The molecule has 2 nitrogen and oxygen atoms in total. The van der Waals surface area contributed by atoms with Crippen molar-refractivity contribution >= 4 is 30.1 Å². The minimum absolute atomic E-state index is 1.01. The van der Waals surface area contributed by atoms with Crippen LogP contribution in [0.25, 0.3) is 0 Å². The Hall–Kier alpha value is -3.43. The third-order valence-corrected chi connectivity index (χ3v) is 8.55. The van der Waals surface area contributed by atoms with Crippen molar-refractivity contribution in [3.05, 3.63) is 127 Å². The van der Waals surface area contributed by atoms with Gasteiger partial charge in [0.1, 0.15) is 0 Å². The van der Waals surface area contributed by atoms with Crippen molar-refractivity contribution in [2.75, 3.05) is 0 Å². The van der Waals surface area contributed by atoms with Gasteiger partial charge in [0.2, 0.25) is 0 Å². The van der Waals surface area contributed by atoms with E-state index in [0.717, 1.165) is 21.1 Å². The van der Waals surface area contributed by atoms with Crippen LogP contribution in [0.3, 0.4) is 0 Å². The highest BCUT2D eigenvalue weighted by atomic mass is 28.4. The molecule has 0 heterocycles. The third kappa shape index (κ3) is 3.66. The van der Waals surface area contributed by atoms with Crippen LogP contribution in [-0.2, 0) is 4.53 Å². The molecule has 0 aromatic heterocycles. The average Bonchev–Trinajstić information content (AvgIpc) is 2.79. The number of benzene rings is 4. The van der Waals surface area contributed by atoms with E-state index < -0.39 is 8.32 Å². The second-order valence-corrected chi connectivity index (χ2v) is 9.79. The summed E-state index contributed by atoms with van der Waals surface area (Å²) in [5.41, 5.74) is 1.01. The monoisotopic (exact) mass is 379 g/mol. The molecule has 0 aliphatic carbocycles. The fourth-order valence-corrected chi connectivity index (χ4v) is 6.89. The van der Waals surface area contributed by atoms with Gasteiger partial charge in [-0.15, -0.1) is 5.16 Å². The molecular weight excluding hydrogens is 358 g/mol. The van der Waals surface area contributed by atoms with Crippen LogP contribution in [-0.4, -0.2) is 14.5 Å². The maximum atomic E-state index is 6.50. The van der Waals surface area contributed by atoms with Crippen molar-refractivity contribution in [1.29, 1.82) is 0 Å². The highest BCUT2D eigenvalue weighted by molar-refractivity contribution is 7.07. The van der Waals surface area contributed by atoms with E-state index in [4.69, 9.17) is 4.53 Å². The molecule has 0 aliphatic heterocycles. The maximum absolute atomic E-state index is 6.50. The highest BCUT2D eigenvalue weighted by Crippen LogP contribution is 2.10. The molecule has 0 bridgehead atoms. The Bertz CT molecular complexity index is 922. The van der Waals surface area contributed by atoms with E-state index >= 15 is 0 Å². The molecule has 0 N–H and O–H groups in total. The fraction of sp³-hybridized carbons (Fsp3) is 0. The number of hydrogen-bond acceptors (Lipinski definition) is 2. The maximum Gasteiger partial charge on any atom is 0.380 e. The lowest BCUT2D eigenvalue weighted by atomic mass is 10.2. The van der Waals surface area contributed by atoms with Crippen molar-refractivity contribution in [2.45, 2.75) is 0 Å². The van der Waals surface area contributed by atoms with Crippen LogP contribution in [0, 0.1) is 0 Å². The molecule has 0 spiro atoms. The van der Waals surface area contributed by atoms with Crippen molar-refractivity contribution in [3.8, 4) is 0 Å². The number of hydrogen-bond donors (Lipinski definition) is 0. The van der Waals surface area contributed by atoms with Gasteiger partial charge in [-0.1, -0.05) is 121 Å². The van der Waals surface area contributed by atoms with Crippen molar-refractivity contribution in [2.24, 2.45) is 5.16 Å². The van der Waals surface area contributed by atoms with Crippen molar-refractivity contribution in [1.82, 2.24) is 0 Å². The Labute approximate surface area is 166 Å². The first-order chi connectivity index (χ1) is 13.9. The standard InChI is InChI=1S/C25H21NOSi/c1-5-13-22(14-6-1)21-26-27-28(23-15-7-2-8-16-23,24-17-9-3-10-18-24)25-19-11-4-12-20-25/h1-21H. The lowest BCUT2D eigenvalue weighted by Crippen LogP contribution is -2.68.